The van der Waals surface area contributed by atoms with Crippen LogP contribution < -0.4 is 0 Å². The Balaban J connectivity index is 2.09. The smallest absolute Gasteiger partial charge is 0.312 e. The van der Waals surface area contributed by atoms with E-state index >= 15 is 0 Å². The highest BCUT2D eigenvalue weighted by atomic mass is 16.7. The molecule has 2 rings (SSSR count). The van der Waals surface area contributed by atoms with E-state index in [1.807, 2.05) is 26.0 Å². The summed E-state index contributed by atoms with van der Waals surface area (Å²) >= 11 is 0. The number of rotatable bonds is 7. The van der Waals surface area contributed by atoms with Crippen LogP contribution in [0.2, 0.25) is 0 Å². The van der Waals surface area contributed by atoms with Crippen LogP contribution in [0, 0.1) is 5.92 Å². The minimum atomic E-state index is -0.645. The lowest BCUT2D eigenvalue weighted by molar-refractivity contribution is -0.220. The van der Waals surface area contributed by atoms with Crippen LogP contribution in [0.15, 0.2) is 12.2 Å². The van der Waals surface area contributed by atoms with Gasteiger partial charge in [0.2, 0.25) is 0 Å². The quantitative estimate of drug-likeness (QED) is 0.400. The Bertz CT molecular complexity index is 348. The molecule has 0 aliphatic carbocycles. The van der Waals surface area contributed by atoms with Crippen molar-refractivity contribution in [3.05, 3.63) is 12.2 Å². The monoisotopic (exact) mass is 270 g/mol. The van der Waals surface area contributed by atoms with Gasteiger partial charge in [0.1, 0.15) is 5.60 Å². The van der Waals surface area contributed by atoms with Crippen LogP contribution in [0.5, 0.6) is 0 Å². The molecular weight excluding hydrogens is 248 g/mol. The summed E-state index contributed by atoms with van der Waals surface area (Å²) in [5.74, 6) is -0.459. The Hall–Kier alpha value is -0.910. The number of hydrogen-bond acceptors (Lipinski definition) is 5. The number of esters is 1. The van der Waals surface area contributed by atoms with Gasteiger partial charge in [-0.1, -0.05) is 6.08 Å². The first-order valence-corrected chi connectivity index (χ1v) is 6.93. The number of carbonyl (C=O) groups is 1. The fourth-order valence-electron chi connectivity index (χ4n) is 2.71. The molecule has 2 aliphatic heterocycles. The van der Waals surface area contributed by atoms with Gasteiger partial charge in [0, 0.05) is 19.6 Å². The van der Waals surface area contributed by atoms with Crippen LogP contribution in [0.3, 0.4) is 0 Å². The molecular formula is C14H22O5. The topological polar surface area (TPSA) is 54.0 Å². The summed E-state index contributed by atoms with van der Waals surface area (Å²) in [6.45, 7) is 7.10. The van der Waals surface area contributed by atoms with Crippen LogP contribution in [0.25, 0.3) is 0 Å². The van der Waals surface area contributed by atoms with E-state index < -0.39 is 11.9 Å². The summed E-state index contributed by atoms with van der Waals surface area (Å²) in [6.07, 6.45) is 3.74. The lowest BCUT2D eigenvalue weighted by Gasteiger charge is -2.32. The minimum Gasteiger partial charge on any atom is -0.466 e. The van der Waals surface area contributed by atoms with E-state index in [2.05, 4.69) is 0 Å². The van der Waals surface area contributed by atoms with Crippen molar-refractivity contribution in [2.75, 3.05) is 19.8 Å². The molecule has 5 nitrogen and oxygen atoms in total. The van der Waals surface area contributed by atoms with Crippen molar-refractivity contribution < 1.29 is 23.7 Å². The first-order valence-electron chi connectivity index (χ1n) is 6.93. The van der Waals surface area contributed by atoms with E-state index in [-0.39, 0.29) is 18.0 Å². The molecule has 0 aromatic rings. The van der Waals surface area contributed by atoms with E-state index in [1.165, 1.54) is 0 Å². The molecule has 0 saturated carbocycles. The second kappa shape index (κ2) is 6.03. The van der Waals surface area contributed by atoms with Crippen molar-refractivity contribution in [3.63, 3.8) is 0 Å². The van der Waals surface area contributed by atoms with Gasteiger partial charge in [0.15, 0.2) is 6.29 Å². The zero-order chi connectivity index (χ0) is 13.9. The highest BCUT2D eigenvalue weighted by molar-refractivity contribution is 5.74. The van der Waals surface area contributed by atoms with Crippen LogP contribution in [0.1, 0.15) is 27.2 Å². The predicted octanol–water partition coefficient (Wildman–Crippen LogP) is 1.66. The molecule has 19 heavy (non-hydrogen) atoms. The molecule has 0 aromatic heterocycles. The van der Waals surface area contributed by atoms with E-state index in [0.29, 0.717) is 26.2 Å². The van der Waals surface area contributed by atoms with Crippen LogP contribution in [-0.2, 0) is 23.7 Å². The van der Waals surface area contributed by atoms with Crippen molar-refractivity contribution in [2.45, 2.75) is 45.2 Å². The summed E-state index contributed by atoms with van der Waals surface area (Å²) in [6, 6.07) is 0. The SMILES string of the molecule is CCOC(=O)C1CC2(C(OCC)OCC)C=CC1O2. The first-order chi connectivity index (χ1) is 9.16. The van der Waals surface area contributed by atoms with Gasteiger partial charge in [-0.2, -0.15) is 0 Å². The molecule has 108 valence electrons. The van der Waals surface area contributed by atoms with Gasteiger partial charge in [0.25, 0.3) is 0 Å². The van der Waals surface area contributed by atoms with E-state index in [1.54, 1.807) is 6.92 Å². The molecule has 3 atom stereocenters. The van der Waals surface area contributed by atoms with E-state index in [0.717, 1.165) is 0 Å². The second-order valence-corrected chi connectivity index (χ2v) is 4.70. The fourth-order valence-corrected chi connectivity index (χ4v) is 2.71. The molecule has 5 heteroatoms. The van der Waals surface area contributed by atoms with E-state index in [9.17, 15) is 4.79 Å². The molecule has 0 spiro atoms. The largest absolute Gasteiger partial charge is 0.466 e. The van der Waals surface area contributed by atoms with Gasteiger partial charge < -0.3 is 18.9 Å². The summed E-state index contributed by atoms with van der Waals surface area (Å²) in [5, 5.41) is 0. The van der Waals surface area contributed by atoms with E-state index in [4.69, 9.17) is 18.9 Å². The normalized spacial score (nSPS) is 32.2. The van der Waals surface area contributed by atoms with Gasteiger partial charge in [-0.3, -0.25) is 4.79 Å². The van der Waals surface area contributed by atoms with Crippen molar-refractivity contribution in [3.8, 4) is 0 Å². The molecule has 1 saturated heterocycles. The predicted molar refractivity (Wildman–Crippen MR) is 68.5 cm³/mol. The molecule has 0 N–H and O–H groups in total. The Kier molecular flexibility index (Phi) is 4.60. The van der Waals surface area contributed by atoms with Crippen molar-refractivity contribution in [2.24, 2.45) is 5.92 Å². The minimum absolute atomic E-state index is 0.203. The number of ether oxygens (including phenoxy) is 4. The third-order valence-electron chi connectivity index (χ3n) is 3.48. The van der Waals surface area contributed by atoms with Gasteiger partial charge in [-0.25, -0.2) is 0 Å². The van der Waals surface area contributed by atoms with Gasteiger partial charge in [-0.05, 0) is 26.8 Å². The standard InChI is InChI=1S/C14H22O5/c1-4-16-12(15)10-9-14(8-7-11(10)19-14)13(17-5-2)18-6-3/h7-8,10-11,13H,4-6,9H2,1-3H3. The molecule has 1 fully saturated rings. The first kappa shape index (κ1) is 14.5. The Morgan fingerprint density at radius 3 is 2.58 bits per heavy atom. The summed E-state index contributed by atoms with van der Waals surface area (Å²) < 4.78 is 22.3. The van der Waals surface area contributed by atoms with Gasteiger partial charge >= 0.3 is 5.97 Å². The third-order valence-corrected chi connectivity index (χ3v) is 3.48. The maximum Gasteiger partial charge on any atom is 0.312 e. The van der Waals surface area contributed by atoms with Crippen LogP contribution in [-0.4, -0.2) is 43.8 Å². The van der Waals surface area contributed by atoms with Crippen molar-refractivity contribution >= 4 is 5.97 Å². The number of carbonyl (C=O) groups excluding carboxylic acids is 1. The van der Waals surface area contributed by atoms with Gasteiger partial charge in [-0.15, -0.1) is 0 Å². The van der Waals surface area contributed by atoms with Crippen LogP contribution >= 0.6 is 0 Å². The molecule has 2 aliphatic rings. The fraction of sp³-hybridized carbons (Fsp3) is 0.786. The average Bonchev–Trinajstić information content (AvgIpc) is 2.98. The van der Waals surface area contributed by atoms with Crippen molar-refractivity contribution in [1.29, 1.82) is 0 Å². The zero-order valence-electron chi connectivity index (χ0n) is 11.8. The Labute approximate surface area is 113 Å². The Morgan fingerprint density at radius 2 is 2.00 bits per heavy atom. The highest BCUT2D eigenvalue weighted by Gasteiger charge is 2.56. The maximum absolute atomic E-state index is 11.9. The molecule has 2 heterocycles. The van der Waals surface area contributed by atoms with Crippen molar-refractivity contribution in [1.82, 2.24) is 0 Å². The molecule has 0 aromatic carbocycles. The lowest BCUT2D eigenvalue weighted by Crippen LogP contribution is -2.43. The van der Waals surface area contributed by atoms with Crippen LogP contribution in [0.4, 0.5) is 0 Å². The summed E-state index contributed by atoms with van der Waals surface area (Å²) in [5.41, 5.74) is -0.645. The molecule has 0 amide bonds. The van der Waals surface area contributed by atoms with Gasteiger partial charge in [0.05, 0.1) is 18.6 Å². The third kappa shape index (κ3) is 2.68. The summed E-state index contributed by atoms with van der Waals surface area (Å²) in [7, 11) is 0. The maximum atomic E-state index is 11.9. The Morgan fingerprint density at radius 1 is 1.32 bits per heavy atom. The molecule has 2 bridgehead atoms. The summed E-state index contributed by atoms with van der Waals surface area (Å²) in [4.78, 5) is 11.9. The number of fused-ring (bicyclic) bond motifs is 2. The zero-order valence-corrected chi connectivity index (χ0v) is 11.8. The highest BCUT2D eigenvalue weighted by Crippen LogP contribution is 2.46. The molecule has 0 radical (unpaired) electrons. The lowest BCUT2D eigenvalue weighted by atomic mass is 9.86. The number of hydrogen-bond donors (Lipinski definition) is 0. The second-order valence-electron chi connectivity index (χ2n) is 4.70. The average molecular weight is 270 g/mol. The molecule has 3 unspecified atom stereocenters.